The van der Waals surface area contributed by atoms with E-state index >= 15 is 0 Å². The van der Waals surface area contributed by atoms with Crippen molar-refractivity contribution in [2.45, 2.75) is 19.9 Å². The van der Waals surface area contributed by atoms with Crippen molar-refractivity contribution >= 4 is 40.9 Å². The Morgan fingerprint density at radius 1 is 1.18 bits per heavy atom. The van der Waals surface area contributed by atoms with Gasteiger partial charge in [-0.15, -0.1) is 0 Å². The van der Waals surface area contributed by atoms with Crippen LogP contribution in [0.4, 0.5) is 11.4 Å². The Hall–Kier alpha value is -3.85. The quantitative estimate of drug-likeness (QED) is 0.455. The monoisotopic (exact) mass is 469 g/mol. The summed E-state index contributed by atoms with van der Waals surface area (Å²) in [6.07, 6.45) is 5.87. The number of hydrogen-bond donors (Lipinski definition) is 2. The minimum Gasteiger partial charge on any atom is -0.491 e. The van der Waals surface area contributed by atoms with Gasteiger partial charge in [0.15, 0.2) is 11.5 Å². The molecule has 10 heteroatoms. The fraction of sp³-hybridized carbons (Fsp3) is 0.217. The average Bonchev–Trinajstić information content (AvgIpc) is 3.33. The molecule has 33 heavy (non-hydrogen) atoms. The van der Waals surface area contributed by atoms with Gasteiger partial charge in [-0.2, -0.15) is 5.10 Å². The molecular formula is C23H24ClN5O4. The zero-order valence-electron chi connectivity index (χ0n) is 18.4. The van der Waals surface area contributed by atoms with Crippen molar-refractivity contribution in [1.82, 2.24) is 14.8 Å². The molecule has 1 heterocycles. The first kappa shape index (κ1) is 23.8. The molecule has 0 saturated carbocycles. The fourth-order valence-corrected chi connectivity index (χ4v) is 3.22. The number of carbonyl (C=O) groups excluding carboxylic acids is 2. The average molecular weight is 470 g/mol. The fourth-order valence-electron chi connectivity index (χ4n) is 2.92. The zero-order valence-corrected chi connectivity index (χ0v) is 19.2. The van der Waals surface area contributed by atoms with Crippen LogP contribution in [0, 0.1) is 0 Å². The van der Waals surface area contributed by atoms with Crippen molar-refractivity contribution in [2.24, 2.45) is 0 Å². The van der Waals surface area contributed by atoms with E-state index in [1.807, 2.05) is 6.92 Å². The van der Waals surface area contributed by atoms with Crippen LogP contribution in [-0.2, 0) is 9.59 Å². The number of ether oxygens (including phenoxy) is 2. The van der Waals surface area contributed by atoms with Gasteiger partial charge in [0, 0.05) is 17.5 Å². The molecule has 0 aliphatic rings. The van der Waals surface area contributed by atoms with Gasteiger partial charge in [-0.1, -0.05) is 11.6 Å². The summed E-state index contributed by atoms with van der Waals surface area (Å²) in [5, 5.41) is 9.91. The van der Waals surface area contributed by atoms with E-state index in [4.69, 9.17) is 21.1 Å². The second-order valence-corrected chi connectivity index (χ2v) is 7.31. The van der Waals surface area contributed by atoms with Crippen molar-refractivity contribution in [3.05, 3.63) is 65.7 Å². The summed E-state index contributed by atoms with van der Waals surface area (Å²) in [4.78, 5) is 28.5. The highest BCUT2D eigenvalue weighted by Gasteiger charge is 2.15. The molecule has 0 saturated heterocycles. The Bertz CT molecular complexity index is 1130. The number of rotatable bonds is 9. The molecule has 0 spiro atoms. The van der Waals surface area contributed by atoms with Gasteiger partial charge in [-0.3, -0.25) is 9.59 Å². The Kier molecular flexibility index (Phi) is 8.04. The standard InChI is InChI=1S/C23H24ClN5O4/c1-4-33-20-12-16(11-19(24)22(20)32-3)5-10-21(30)27-17-6-8-18(9-7-17)28-23(31)15(2)29-14-25-13-26-29/h5-15H,4H2,1-3H3,(H,27,30)(H,28,31)/b10-5+. The number of methoxy groups -OCH3 is 1. The van der Waals surface area contributed by atoms with Crippen LogP contribution in [0.2, 0.25) is 5.02 Å². The lowest BCUT2D eigenvalue weighted by molar-refractivity contribution is -0.119. The smallest absolute Gasteiger partial charge is 0.249 e. The highest BCUT2D eigenvalue weighted by Crippen LogP contribution is 2.36. The first-order chi connectivity index (χ1) is 15.9. The number of benzene rings is 2. The molecule has 1 atom stereocenters. The highest BCUT2D eigenvalue weighted by atomic mass is 35.5. The van der Waals surface area contributed by atoms with Crippen LogP contribution in [0.15, 0.2) is 55.1 Å². The minimum atomic E-state index is -0.508. The molecule has 0 fully saturated rings. The van der Waals surface area contributed by atoms with Crippen molar-refractivity contribution in [3.63, 3.8) is 0 Å². The van der Waals surface area contributed by atoms with Gasteiger partial charge in [-0.05, 0) is 61.9 Å². The summed E-state index contributed by atoms with van der Waals surface area (Å²) >= 11 is 6.24. The Morgan fingerprint density at radius 2 is 1.88 bits per heavy atom. The van der Waals surface area contributed by atoms with Crippen LogP contribution in [0.25, 0.3) is 6.08 Å². The van der Waals surface area contributed by atoms with Crippen LogP contribution in [0.1, 0.15) is 25.5 Å². The molecule has 2 amide bonds. The van der Waals surface area contributed by atoms with Crippen LogP contribution < -0.4 is 20.1 Å². The molecule has 3 aromatic rings. The van der Waals surface area contributed by atoms with Crippen molar-refractivity contribution < 1.29 is 19.1 Å². The normalized spacial score (nSPS) is 11.8. The van der Waals surface area contributed by atoms with Gasteiger partial charge in [0.1, 0.15) is 18.7 Å². The molecule has 172 valence electrons. The van der Waals surface area contributed by atoms with Crippen LogP contribution >= 0.6 is 11.6 Å². The number of halogens is 1. The molecule has 2 aromatic carbocycles. The maximum absolute atomic E-state index is 12.3. The molecule has 2 N–H and O–H groups in total. The van der Waals surface area contributed by atoms with E-state index in [1.54, 1.807) is 49.4 Å². The third-order valence-electron chi connectivity index (χ3n) is 4.60. The summed E-state index contributed by atoms with van der Waals surface area (Å²) < 4.78 is 12.3. The lowest BCUT2D eigenvalue weighted by atomic mass is 10.2. The summed E-state index contributed by atoms with van der Waals surface area (Å²) in [7, 11) is 1.51. The van der Waals surface area contributed by atoms with Crippen molar-refractivity contribution in [1.29, 1.82) is 0 Å². The van der Waals surface area contributed by atoms with Crippen LogP contribution in [0.5, 0.6) is 11.5 Å². The Morgan fingerprint density at radius 3 is 2.48 bits per heavy atom. The molecule has 0 aliphatic carbocycles. The number of hydrogen-bond acceptors (Lipinski definition) is 6. The number of nitrogens with zero attached hydrogens (tertiary/aromatic N) is 3. The summed E-state index contributed by atoms with van der Waals surface area (Å²) in [6.45, 7) is 4.03. The molecule has 1 aromatic heterocycles. The van der Waals surface area contributed by atoms with E-state index in [9.17, 15) is 9.59 Å². The van der Waals surface area contributed by atoms with Crippen LogP contribution in [-0.4, -0.2) is 40.3 Å². The first-order valence-corrected chi connectivity index (χ1v) is 10.5. The van der Waals surface area contributed by atoms with Gasteiger partial charge < -0.3 is 20.1 Å². The number of aromatic nitrogens is 3. The Labute approximate surface area is 196 Å². The van der Waals surface area contributed by atoms with Gasteiger partial charge in [-0.25, -0.2) is 9.67 Å². The van der Waals surface area contributed by atoms with E-state index in [0.717, 1.165) is 0 Å². The zero-order chi connectivity index (χ0) is 23.8. The summed E-state index contributed by atoms with van der Waals surface area (Å²) in [5.41, 5.74) is 1.87. The number of carbonyl (C=O) groups is 2. The predicted octanol–water partition coefficient (Wildman–Crippen LogP) is 4.19. The lowest BCUT2D eigenvalue weighted by Gasteiger charge is -2.12. The van der Waals surface area contributed by atoms with Gasteiger partial charge >= 0.3 is 0 Å². The van der Waals surface area contributed by atoms with Gasteiger partial charge in [0.05, 0.1) is 18.7 Å². The molecule has 9 nitrogen and oxygen atoms in total. The largest absolute Gasteiger partial charge is 0.491 e. The highest BCUT2D eigenvalue weighted by molar-refractivity contribution is 6.32. The Balaban J connectivity index is 1.59. The topological polar surface area (TPSA) is 107 Å². The van der Waals surface area contributed by atoms with E-state index in [-0.39, 0.29) is 11.8 Å². The van der Waals surface area contributed by atoms with Crippen molar-refractivity contribution in [3.8, 4) is 11.5 Å². The maximum atomic E-state index is 12.3. The van der Waals surface area contributed by atoms with Crippen molar-refractivity contribution in [2.75, 3.05) is 24.4 Å². The third-order valence-corrected chi connectivity index (χ3v) is 4.88. The maximum Gasteiger partial charge on any atom is 0.249 e. The summed E-state index contributed by atoms with van der Waals surface area (Å²) in [5.74, 6) is 0.396. The predicted molar refractivity (Wildman–Crippen MR) is 127 cm³/mol. The van der Waals surface area contributed by atoms with E-state index in [2.05, 4.69) is 20.7 Å². The van der Waals surface area contributed by atoms with Crippen LogP contribution in [0.3, 0.4) is 0 Å². The molecule has 3 rings (SSSR count). The number of amides is 2. The molecular weight excluding hydrogens is 446 g/mol. The van der Waals surface area contributed by atoms with E-state index in [0.29, 0.717) is 40.1 Å². The lowest BCUT2D eigenvalue weighted by Crippen LogP contribution is -2.24. The molecule has 1 unspecified atom stereocenters. The van der Waals surface area contributed by atoms with E-state index in [1.165, 1.54) is 30.5 Å². The SMILES string of the molecule is CCOc1cc(/C=C/C(=O)Nc2ccc(NC(=O)C(C)n3cncn3)cc2)cc(Cl)c1OC. The number of nitrogens with one attached hydrogen (secondary N) is 2. The summed E-state index contributed by atoms with van der Waals surface area (Å²) in [6, 6.07) is 9.70. The van der Waals surface area contributed by atoms with Gasteiger partial charge in [0.25, 0.3) is 0 Å². The first-order valence-electron chi connectivity index (χ1n) is 10.2. The molecule has 0 radical (unpaired) electrons. The second kappa shape index (κ2) is 11.1. The minimum absolute atomic E-state index is 0.232. The van der Waals surface area contributed by atoms with E-state index < -0.39 is 6.04 Å². The second-order valence-electron chi connectivity index (χ2n) is 6.91. The van der Waals surface area contributed by atoms with Gasteiger partial charge in [0.2, 0.25) is 11.8 Å². The molecule has 0 bridgehead atoms. The third kappa shape index (κ3) is 6.33. The number of anilines is 2. The molecule has 0 aliphatic heterocycles.